The fourth-order valence-corrected chi connectivity index (χ4v) is 4.11. The predicted molar refractivity (Wildman–Crippen MR) is 100 cm³/mol. The Labute approximate surface area is 164 Å². The lowest BCUT2D eigenvalue weighted by Gasteiger charge is -2.09. The van der Waals surface area contributed by atoms with Gasteiger partial charge in [0.25, 0.3) is 10.0 Å². The number of aromatic nitrogens is 4. The number of nitrogens with zero attached hydrogens (tertiary/aromatic N) is 4. The molecule has 2 aromatic heterocycles. The average Bonchev–Trinajstić information content (AvgIpc) is 2.94. The van der Waals surface area contributed by atoms with Crippen molar-refractivity contribution in [3.05, 3.63) is 35.8 Å². The second kappa shape index (κ2) is 7.35. The van der Waals surface area contributed by atoms with Crippen molar-refractivity contribution in [1.82, 2.24) is 24.2 Å². The fourth-order valence-electron chi connectivity index (χ4n) is 2.78. The van der Waals surface area contributed by atoms with E-state index < -0.39 is 32.6 Å². The molecular formula is C16H16N6O6S. The normalized spacial score (nSPS) is 11.3. The summed E-state index contributed by atoms with van der Waals surface area (Å²) in [6, 6.07) is 4.98. The SMILES string of the molecule is COc1nc(C)nc(NC(=O)NS(=O)(=O)c2c(C(=O)O)n(C)c3ccccc23)n1. The summed E-state index contributed by atoms with van der Waals surface area (Å²) in [5, 5.41) is 11.8. The second-order valence-corrected chi connectivity index (χ2v) is 7.43. The minimum atomic E-state index is -4.55. The van der Waals surface area contributed by atoms with Gasteiger partial charge in [-0.25, -0.2) is 22.7 Å². The van der Waals surface area contributed by atoms with Crippen LogP contribution in [0.4, 0.5) is 10.7 Å². The van der Waals surface area contributed by atoms with Gasteiger partial charge in [-0.1, -0.05) is 18.2 Å². The number of amides is 2. The van der Waals surface area contributed by atoms with Crippen LogP contribution in [0.15, 0.2) is 29.2 Å². The smallest absolute Gasteiger partial charge is 0.353 e. The molecule has 3 rings (SSSR count). The minimum Gasteiger partial charge on any atom is -0.477 e. The molecule has 0 radical (unpaired) electrons. The summed E-state index contributed by atoms with van der Waals surface area (Å²) >= 11 is 0. The van der Waals surface area contributed by atoms with E-state index in [0.29, 0.717) is 5.52 Å². The summed E-state index contributed by atoms with van der Waals surface area (Å²) in [5.41, 5.74) is -0.104. The van der Waals surface area contributed by atoms with Crippen LogP contribution in [0.5, 0.6) is 6.01 Å². The third kappa shape index (κ3) is 3.80. The number of carbonyl (C=O) groups is 2. The molecule has 0 aliphatic carbocycles. The van der Waals surface area contributed by atoms with Crippen molar-refractivity contribution in [3.8, 4) is 6.01 Å². The molecule has 0 aliphatic rings. The summed E-state index contributed by atoms with van der Waals surface area (Å²) in [6.07, 6.45) is 0. The monoisotopic (exact) mass is 420 g/mol. The first-order valence-corrected chi connectivity index (χ1v) is 9.53. The number of aryl methyl sites for hydroxylation is 2. The number of nitrogens with one attached hydrogen (secondary N) is 2. The molecule has 29 heavy (non-hydrogen) atoms. The van der Waals surface area contributed by atoms with Gasteiger partial charge in [0.15, 0.2) is 0 Å². The highest BCUT2D eigenvalue weighted by Gasteiger charge is 2.31. The molecule has 2 heterocycles. The number of benzene rings is 1. The molecule has 13 heteroatoms. The van der Waals surface area contributed by atoms with E-state index in [2.05, 4.69) is 20.3 Å². The van der Waals surface area contributed by atoms with E-state index in [1.165, 1.54) is 31.7 Å². The molecular weight excluding hydrogens is 404 g/mol. The van der Waals surface area contributed by atoms with Crippen LogP contribution in [0.2, 0.25) is 0 Å². The van der Waals surface area contributed by atoms with Gasteiger partial charge in [0, 0.05) is 18.0 Å². The summed E-state index contributed by atoms with van der Waals surface area (Å²) in [4.78, 5) is 34.9. The molecule has 152 valence electrons. The predicted octanol–water partition coefficient (Wildman–Crippen LogP) is 0.889. The number of sulfonamides is 1. The van der Waals surface area contributed by atoms with E-state index in [1.54, 1.807) is 22.9 Å². The lowest BCUT2D eigenvalue weighted by atomic mass is 10.2. The van der Waals surface area contributed by atoms with Crippen LogP contribution in [-0.2, 0) is 17.1 Å². The lowest BCUT2D eigenvalue weighted by molar-refractivity contribution is 0.0682. The number of rotatable bonds is 5. The van der Waals surface area contributed by atoms with Crippen LogP contribution in [0, 0.1) is 6.92 Å². The molecule has 0 saturated carbocycles. The molecule has 0 atom stereocenters. The van der Waals surface area contributed by atoms with Gasteiger partial charge in [-0.05, 0) is 13.0 Å². The van der Waals surface area contributed by atoms with E-state index in [9.17, 15) is 23.1 Å². The van der Waals surface area contributed by atoms with Gasteiger partial charge < -0.3 is 14.4 Å². The van der Waals surface area contributed by atoms with E-state index in [-0.39, 0.29) is 23.2 Å². The highest BCUT2D eigenvalue weighted by molar-refractivity contribution is 7.90. The molecule has 0 unspecified atom stereocenters. The largest absolute Gasteiger partial charge is 0.477 e. The number of hydrogen-bond acceptors (Lipinski definition) is 8. The number of ether oxygens (including phenoxy) is 1. The zero-order chi connectivity index (χ0) is 21.3. The molecule has 0 bridgehead atoms. The summed E-state index contributed by atoms with van der Waals surface area (Å²) in [6.45, 7) is 1.53. The third-order valence-electron chi connectivity index (χ3n) is 3.89. The van der Waals surface area contributed by atoms with Crippen LogP contribution in [0.1, 0.15) is 16.3 Å². The van der Waals surface area contributed by atoms with Crippen LogP contribution in [-0.4, -0.2) is 52.2 Å². The Balaban J connectivity index is 1.98. The van der Waals surface area contributed by atoms with Crippen LogP contribution in [0.25, 0.3) is 10.9 Å². The number of para-hydroxylation sites is 1. The first kappa shape index (κ1) is 20.0. The Kier molecular flexibility index (Phi) is 5.07. The van der Waals surface area contributed by atoms with Crippen LogP contribution < -0.4 is 14.8 Å². The van der Waals surface area contributed by atoms with Crippen molar-refractivity contribution in [2.75, 3.05) is 12.4 Å². The number of fused-ring (bicyclic) bond motifs is 1. The van der Waals surface area contributed by atoms with E-state index in [1.807, 2.05) is 0 Å². The zero-order valence-corrected chi connectivity index (χ0v) is 16.3. The second-order valence-electron chi connectivity index (χ2n) is 5.81. The highest BCUT2D eigenvalue weighted by Crippen LogP contribution is 2.29. The Hall–Kier alpha value is -3.74. The standard InChI is InChI=1S/C16H16N6O6S/c1-8-17-14(20-16(18-8)28-3)19-15(25)21-29(26,27)12-9-6-4-5-7-10(9)22(2)11(12)13(23)24/h4-7H,1-3H3,(H,23,24)(H2,17,18,19,20,21,25). The van der Waals surface area contributed by atoms with Crippen LogP contribution >= 0.6 is 0 Å². The molecule has 3 aromatic rings. The van der Waals surface area contributed by atoms with Crippen molar-refractivity contribution in [2.45, 2.75) is 11.8 Å². The maximum atomic E-state index is 12.8. The van der Waals surface area contributed by atoms with E-state index >= 15 is 0 Å². The Morgan fingerprint density at radius 3 is 2.52 bits per heavy atom. The average molecular weight is 420 g/mol. The fraction of sp³-hybridized carbons (Fsp3) is 0.188. The van der Waals surface area contributed by atoms with Crippen molar-refractivity contribution < 1.29 is 27.9 Å². The summed E-state index contributed by atoms with van der Waals surface area (Å²) in [7, 11) is -1.82. The van der Waals surface area contributed by atoms with Crippen molar-refractivity contribution in [2.24, 2.45) is 7.05 Å². The molecule has 3 N–H and O–H groups in total. The molecule has 0 saturated heterocycles. The first-order valence-electron chi connectivity index (χ1n) is 8.05. The van der Waals surface area contributed by atoms with Gasteiger partial charge in [-0.2, -0.15) is 15.0 Å². The Morgan fingerprint density at radius 1 is 1.17 bits per heavy atom. The number of aromatic carboxylic acids is 1. The van der Waals surface area contributed by atoms with Gasteiger partial charge >= 0.3 is 18.0 Å². The molecule has 0 fully saturated rings. The number of urea groups is 1. The summed E-state index contributed by atoms with van der Waals surface area (Å²) in [5.74, 6) is -1.46. The molecule has 0 aliphatic heterocycles. The zero-order valence-electron chi connectivity index (χ0n) is 15.5. The van der Waals surface area contributed by atoms with Gasteiger partial charge in [0.1, 0.15) is 16.4 Å². The number of hydrogen-bond donors (Lipinski definition) is 3. The Morgan fingerprint density at radius 2 is 1.86 bits per heavy atom. The number of carbonyl (C=O) groups excluding carboxylic acids is 1. The summed E-state index contributed by atoms with van der Waals surface area (Å²) < 4.78 is 33.6. The molecule has 1 aromatic carbocycles. The maximum Gasteiger partial charge on any atom is 0.353 e. The number of anilines is 1. The number of carboxylic acids is 1. The topological polar surface area (TPSA) is 165 Å². The first-order chi connectivity index (χ1) is 13.6. The molecule has 12 nitrogen and oxygen atoms in total. The third-order valence-corrected chi connectivity index (χ3v) is 5.30. The molecule has 0 spiro atoms. The van der Waals surface area contributed by atoms with E-state index in [0.717, 1.165) is 0 Å². The molecule has 2 amide bonds. The lowest BCUT2D eigenvalue weighted by Crippen LogP contribution is -2.35. The minimum absolute atomic E-state index is 0.0714. The maximum absolute atomic E-state index is 12.8. The van der Waals surface area contributed by atoms with Gasteiger partial charge in [0.05, 0.1) is 7.11 Å². The van der Waals surface area contributed by atoms with Crippen molar-refractivity contribution in [1.29, 1.82) is 0 Å². The number of carboxylic acid groups (broad SMARTS) is 1. The van der Waals surface area contributed by atoms with Gasteiger partial charge in [-0.3, -0.25) is 5.32 Å². The van der Waals surface area contributed by atoms with Gasteiger partial charge in [0.2, 0.25) is 5.95 Å². The quantitative estimate of drug-likeness (QED) is 0.543. The van der Waals surface area contributed by atoms with Crippen LogP contribution in [0.3, 0.4) is 0 Å². The van der Waals surface area contributed by atoms with Gasteiger partial charge in [-0.15, -0.1) is 0 Å². The van der Waals surface area contributed by atoms with Crippen molar-refractivity contribution in [3.63, 3.8) is 0 Å². The van der Waals surface area contributed by atoms with Crippen molar-refractivity contribution >= 4 is 38.9 Å². The Bertz CT molecular complexity index is 1240. The highest BCUT2D eigenvalue weighted by atomic mass is 32.2. The van der Waals surface area contributed by atoms with E-state index in [4.69, 9.17) is 4.74 Å². The number of methoxy groups -OCH3 is 1.